The second kappa shape index (κ2) is 7.54. The van der Waals surface area contributed by atoms with Crippen LogP contribution in [0, 0.1) is 5.92 Å². The fourth-order valence-corrected chi connectivity index (χ4v) is 2.51. The summed E-state index contributed by atoms with van der Waals surface area (Å²) in [5.74, 6) is 3.49. The van der Waals surface area contributed by atoms with E-state index in [0.29, 0.717) is 18.1 Å². The highest BCUT2D eigenvalue weighted by Gasteiger charge is 2.09. The van der Waals surface area contributed by atoms with Crippen molar-refractivity contribution >= 4 is 17.5 Å². The van der Waals surface area contributed by atoms with Gasteiger partial charge in [0, 0.05) is 18.9 Å². The lowest BCUT2D eigenvalue weighted by Gasteiger charge is -2.06. The normalized spacial score (nSPS) is 11.1. The Morgan fingerprint density at radius 1 is 1.53 bits per heavy atom. The fourth-order valence-electron chi connectivity index (χ4n) is 1.59. The van der Waals surface area contributed by atoms with Gasteiger partial charge in [0.15, 0.2) is 0 Å². The maximum Gasteiger partial charge on any atom is 0.150 e. The molecule has 0 atom stereocenters. The van der Waals surface area contributed by atoms with Crippen molar-refractivity contribution in [2.24, 2.45) is 5.92 Å². The van der Waals surface area contributed by atoms with E-state index in [2.05, 4.69) is 30.3 Å². The van der Waals surface area contributed by atoms with Gasteiger partial charge in [0.05, 0.1) is 12.2 Å². The predicted molar refractivity (Wildman–Crippen MR) is 73.4 cm³/mol. The van der Waals surface area contributed by atoms with E-state index in [1.54, 1.807) is 18.0 Å². The third-order valence-corrected chi connectivity index (χ3v) is 3.76. The number of aryl methyl sites for hydroxylation is 1. The van der Waals surface area contributed by atoms with Gasteiger partial charge in [-0.3, -0.25) is 4.79 Å². The Bertz CT molecular complexity index is 347. The van der Waals surface area contributed by atoms with Crippen molar-refractivity contribution in [1.29, 1.82) is 0 Å². The summed E-state index contributed by atoms with van der Waals surface area (Å²) in [6, 6.07) is 0. The summed E-state index contributed by atoms with van der Waals surface area (Å²) in [5, 5.41) is 0. The van der Waals surface area contributed by atoms with E-state index in [-0.39, 0.29) is 5.78 Å². The molecule has 0 N–H and O–H groups in total. The first kappa shape index (κ1) is 14.3. The standard InChI is InChI=1S/C13H22N2OS/c1-4-6-15-7-5-14-13(15)8-12(16)10-17-9-11(2)3/h5,7,11H,4,6,8-10H2,1-3H3. The van der Waals surface area contributed by atoms with Crippen molar-refractivity contribution in [3.63, 3.8) is 0 Å². The monoisotopic (exact) mass is 254 g/mol. The van der Waals surface area contributed by atoms with Crippen LogP contribution in [0.2, 0.25) is 0 Å². The Labute approximate surface area is 108 Å². The highest BCUT2D eigenvalue weighted by atomic mass is 32.2. The zero-order chi connectivity index (χ0) is 12.7. The van der Waals surface area contributed by atoms with E-state index in [9.17, 15) is 4.79 Å². The van der Waals surface area contributed by atoms with Crippen LogP contribution in [0.4, 0.5) is 0 Å². The number of hydrogen-bond donors (Lipinski definition) is 0. The summed E-state index contributed by atoms with van der Waals surface area (Å²) in [5.41, 5.74) is 0. The Balaban J connectivity index is 2.37. The van der Waals surface area contributed by atoms with E-state index in [0.717, 1.165) is 24.5 Å². The molecule has 1 rings (SSSR count). The predicted octanol–water partition coefficient (Wildman–Crippen LogP) is 2.79. The second-order valence-electron chi connectivity index (χ2n) is 4.66. The summed E-state index contributed by atoms with van der Waals surface area (Å²) in [7, 11) is 0. The van der Waals surface area contributed by atoms with Gasteiger partial charge < -0.3 is 4.57 Å². The molecule has 17 heavy (non-hydrogen) atoms. The summed E-state index contributed by atoms with van der Waals surface area (Å²) < 4.78 is 2.07. The number of aromatic nitrogens is 2. The van der Waals surface area contributed by atoms with Crippen LogP contribution in [0.25, 0.3) is 0 Å². The molecule has 96 valence electrons. The summed E-state index contributed by atoms with van der Waals surface area (Å²) in [4.78, 5) is 16.0. The van der Waals surface area contributed by atoms with Gasteiger partial charge in [0.2, 0.25) is 0 Å². The van der Waals surface area contributed by atoms with Gasteiger partial charge in [0.1, 0.15) is 11.6 Å². The highest BCUT2D eigenvalue weighted by molar-refractivity contribution is 7.99. The van der Waals surface area contributed by atoms with E-state index >= 15 is 0 Å². The molecule has 0 saturated heterocycles. The van der Waals surface area contributed by atoms with Crippen LogP contribution in [0.15, 0.2) is 12.4 Å². The smallest absolute Gasteiger partial charge is 0.150 e. The molecule has 0 aliphatic heterocycles. The van der Waals surface area contributed by atoms with Gasteiger partial charge in [-0.05, 0) is 18.1 Å². The number of hydrogen-bond acceptors (Lipinski definition) is 3. The molecule has 0 unspecified atom stereocenters. The van der Waals surface area contributed by atoms with Crippen LogP contribution in [-0.4, -0.2) is 26.8 Å². The van der Waals surface area contributed by atoms with Crippen molar-refractivity contribution in [2.45, 2.75) is 40.2 Å². The van der Waals surface area contributed by atoms with Gasteiger partial charge in [-0.15, -0.1) is 0 Å². The molecule has 0 amide bonds. The summed E-state index contributed by atoms with van der Waals surface area (Å²) in [6.07, 6.45) is 5.27. The molecule has 0 aliphatic rings. The Kier molecular flexibility index (Phi) is 6.34. The second-order valence-corrected chi connectivity index (χ2v) is 5.69. The van der Waals surface area contributed by atoms with Crippen molar-refractivity contribution in [1.82, 2.24) is 9.55 Å². The Morgan fingerprint density at radius 3 is 2.94 bits per heavy atom. The molecule has 1 aromatic heterocycles. The van der Waals surface area contributed by atoms with Crippen molar-refractivity contribution in [3.8, 4) is 0 Å². The third kappa shape index (κ3) is 5.39. The zero-order valence-corrected chi connectivity index (χ0v) is 11.8. The van der Waals surface area contributed by atoms with Crippen LogP contribution in [0.5, 0.6) is 0 Å². The average molecular weight is 254 g/mol. The molecule has 0 spiro atoms. The minimum Gasteiger partial charge on any atom is -0.335 e. The van der Waals surface area contributed by atoms with Crippen LogP contribution in [0.1, 0.15) is 33.0 Å². The minimum atomic E-state index is 0.277. The first-order valence-corrected chi connectivity index (χ1v) is 7.38. The lowest BCUT2D eigenvalue weighted by Crippen LogP contribution is -2.12. The average Bonchev–Trinajstić information content (AvgIpc) is 2.66. The molecular weight excluding hydrogens is 232 g/mol. The molecule has 4 heteroatoms. The Morgan fingerprint density at radius 2 is 2.29 bits per heavy atom. The molecule has 0 saturated carbocycles. The van der Waals surface area contributed by atoms with E-state index in [1.165, 1.54) is 0 Å². The van der Waals surface area contributed by atoms with Gasteiger partial charge in [-0.2, -0.15) is 11.8 Å². The maximum absolute atomic E-state index is 11.8. The van der Waals surface area contributed by atoms with Crippen molar-refractivity contribution in [3.05, 3.63) is 18.2 Å². The topological polar surface area (TPSA) is 34.9 Å². The van der Waals surface area contributed by atoms with Gasteiger partial charge in [-0.25, -0.2) is 4.98 Å². The third-order valence-electron chi connectivity index (χ3n) is 2.34. The highest BCUT2D eigenvalue weighted by Crippen LogP contribution is 2.09. The van der Waals surface area contributed by atoms with E-state index in [4.69, 9.17) is 0 Å². The van der Waals surface area contributed by atoms with Crippen molar-refractivity contribution in [2.75, 3.05) is 11.5 Å². The van der Waals surface area contributed by atoms with Crippen LogP contribution < -0.4 is 0 Å². The van der Waals surface area contributed by atoms with E-state index in [1.807, 2.05) is 6.20 Å². The molecule has 0 aliphatic carbocycles. The molecule has 1 aromatic rings. The van der Waals surface area contributed by atoms with Gasteiger partial charge >= 0.3 is 0 Å². The lowest BCUT2D eigenvalue weighted by atomic mass is 10.3. The first-order valence-electron chi connectivity index (χ1n) is 6.23. The molecule has 0 aromatic carbocycles. The minimum absolute atomic E-state index is 0.277. The number of Topliss-reactive ketones (excluding diaryl/α,β-unsaturated/α-hetero) is 1. The van der Waals surface area contributed by atoms with Crippen LogP contribution in [0.3, 0.4) is 0 Å². The lowest BCUT2D eigenvalue weighted by molar-refractivity contribution is -0.116. The molecule has 0 radical (unpaired) electrons. The van der Waals surface area contributed by atoms with Crippen molar-refractivity contribution < 1.29 is 4.79 Å². The number of carbonyl (C=O) groups is 1. The number of carbonyl (C=O) groups excluding carboxylic acids is 1. The molecule has 0 fully saturated rings. The zero-order valence-electron chi connectivity index (χ0n) is 11.0. The van der Waals surface area contributed by atoms with Gasteiger partial charge in [-0.1, -0.05) is 20.8 Å². The SMILES string of the molecule is CCCn1ccnc1CC(=O)CSCC(C)C. The quantitative estimate of drug-likeness (QED) is 0.715. The van der Waals surface area contributed by atoms with E-state index < -0.39 is 0 Å². The summed E-state index contributed by atoms with van der Waals surface area (Å²) >= 11 is 1.72. The van der Waals surface area contributed by atoms with Crippen LogP contribution >= 0.6 is 11.8 Å². The summed E-state index contributed by atoms with van der Waals surface area (Å²) in [6.45, 7) is 7.42. The number of ketones is 1. The molecular formula is C13H22N2OS. The number of rotatable bonds is 8. The Hall–Kier alpha value is -0.770. The molecule has 1 heterocycles. The number of thioether (sulfide) groups is 1. The largest absolute Gasteiger partial charge is 0.335 e. The first-order chi connectivity index (χ1) is 8.13. The number of nitrogens with zero attached hydrogens (tertiary/aromatic N) is 2. The number of imidazole rings is 1. The fraction of sp³-hybridized carbons (Fsp3) is 0.692. The maximum atomic E-state index is 11.8. The van der Waals surface area contributed by atoms with Gasteiger partial charge in [0.25, 0.3) is 0 Å². The molecule has 3 nitrogen and oxygen atoms in total. The van der Waals surface area contributed by atoms with Crippen LogP contribution in [-0.2, 0) is 17.8 Å². The molecule has 0 bridgehead atoms.